The van der Waals surface area contributed by atoms with Gasteiger partial charge in [0.15, 0.2) is 0 Å². The van der Waals surface area contributed by atoms with Gasteiger partial charge in [0.05, 0.1) is 11.1 Å². The van der Waals surface area contributed by atoms with Gasteiger partial charge in [0.25, 0.3) is 5.91 Å². The van der Waals surface area contributed by atoms with Crippen molar-refractivity contribution in [2.75, 3.05) is 0 Å². The fraction of sp³-hybridized carbons (Fsp3) is 0. The minimum atomic E-state index is -0.268. The molecule has 1 aromatic carbocycles. The first kappa shape index (κ1) is 11.5. The minimum Gasteiger partial charge on any atom is -0.354 e. The predicted octanol–water partition coefficient (Wildman–Crippen LogP) is 3.41. The summed E-state index contributed by atoms with van der Waals surface area (Å²) in [5.74, 6) is -0.268. The zero-order valence-corrected chi connectivity index (χ0v) is 11.3. The topological polar surface area (TPSA) is 57.8 Å². The highest BCUT2D eigenvalue weighted by molar-refractivity contribution is 9.08. The van der Waals surface area contributed by atoms with Crippen molar-refractivity contribution in [2.24, 2.45) is 0 Å². The lowest BCUT2D eigenvalue weighted by molar-refractivity contribution is 0.0988. The fourth-order valence-electron chi connectivity index (χ4n) is 2.03. The third kappa shape index (κ3) is 1.59. The Hall–Kier alpha value is -1.59. The van der Waals surface area contributed by atoms with Crippen molar-refractivity contribution in [3.63, 3.8) is 0 Å². The van der Waals surface area contributed by atoms with E-state index in [1.807, 2.05) is 24.3 Å². The molecule has 2 N–H and O–H groups in total. The molecule has 0 unspecified atom stereocenters. The molecule has 0 saturated carbocycles. The first-order valence-electron chi connectivity index (χ1n) is 5.18. The number of pyridine rings is 1. The number of carbonyl (C=O) groups is 1. The Kier molecular flexibility index (Phi) is 2.72. The van der Waals surface area contributed by atoms with Gasteiger partial charge in [0.2, 0.25) is 0 Å². The Morgan fingerprint density at radius 2 is 2.17 bits per heavy atom. The van der Waals surface area contributed by atoms with Gasteiger partial charge in [-0.25, -0.2) is 4.98 Å². The molecule has 2 aromatic heterocycles. The van der Waals surface area contributed by atoms with E-state index in [9.17, 15) is 4.79 Å². The van der Waals surface area contributed by atoms with Crippen molar-refractivity contribution >= 4 is 55.5 Å². The summed E-state index contributed by atoms with van der Waals surface area (Å²) in [6.07, 6.45) is 1.46. The normalized spacial score (nSPS) is 11.0. The largest absolute Gasteiger partial charge is 0.354 e. The molecule has 90 valence electrons. The quantitative estimate of drug-likeness (QED) is 0.532. The molecule has 0 saturated heterocycles. The second-order valence-corrected chi connectivity index (χ2v) is 4.56. The molecular formula is C12H7BrClN3O. The summed E-state index contributed by atoms with van der Waals surface area (Å²) < 4.78 is 2.41. The van der Waals surface area contributed by atoms with Gasteiger partial charge in [0.1, 0.15) is 5.15 Å². The average Bonchev–Trinajstić information content (AvgIpc) is 2.78. The highest BCUT2D eigenvalue weighted by Crippen LogP contribution is 2.31. The maximum absolute atomic E-state index is 11.8. The number of nitrogens with zero attached hydrogens (tertiary/aromatic N) is 1. The Bertz CT molecular complexity index is 768. The molecule has 2 heterocycles. The molecule has 0 aliphatic carbocycles. The van der Waals surface area contributed by atoms with Crippen molar-refractivity contribution in [2.45, 2.75) is 0 Å². The molecule has 1 amide bonds. The lowest BCUT2D eigenvalue weighted by Crippen LogP contribution is -2.12. The molecule has 4 nitrogen and oxygen atoms in total. The summed E-state index contributed by atoms with van der Waals surface area (Å²) in [5, 5.41) is 2.10. The maximum atomic E-state index is 11.8. The number of benzene rings is 1. The number of hydrogen-bond donors (Lipinski definition) is 2. The van der Waals surface area contributed by atoms with Crippen molar-refractivity contribution in [3.8, 4) is 0 Å². The monoisotopic (exact) mass is 323 g/mol. The van der Waals surface area contributed by atoms with E-state index in [1.54, 1.807) is 0 Å². The van der Waals surface area contributed by atoms with E-state index in [0.717, 1.165) is 16.3 Å². The summed E-state index contributed by atoms with van der Waals surface area (Å²) in [4.78, 5) is 19.0. The first-order chi connectivity index (χ1) is 8.72. The molecule has 0 radical (unpaired) electrons. The van der Waals surface area contributed by atoms with Crippen molar-refractivity contribution in [1.29, 1.82) is 0 Å². The van der Waals surface area contributed by atoms with Gasteiger partial charge in [0, 0.05) is 38.6 Å². The van der Waals surface area contributed by atoms with Crippen molar-refractivity contribution < 1.29 is 4.79 Å². The third-order valence-electron chi connectivity index (χ3n) is 2.82. The van der Waals surface area contributed by atoms with Gasteiger partial charge in [-0.1, -0.05) is 29.8 Å². The van der Waals surface area contributed by atoms with Crippen LogP contribution in [-0.2, 0) is 0 Å². The van der Waals surface area contributed by atoms with Crippen LogP contribution in [0.1, 0.15) is 10.4 Å². The van der Waals surface area contributed by atoms with Crippen LogP contribution in [0.15, 0.2) is 30.5 Å². The second-order valence-electron chi connectivity index (χ2n) is 3.81. The van der Waals surface area contributed by atoms with Gasteiger partial charge in [-0.2, -0.15) is 0 Å². The zero-order chi connectivity index (χ0) is 12.7. The number of rotatable bonds is 1. The van der Waals surface area contributed by atoms with Crippen molar-refractivity contribution in [3.05, 3.63) is 41.2 Å². The number of carbonyl (C=O) groups excluding carboxylic acids is 1. The molecule has 0 aliphatic rings. The fourth-order valence-corrected chi connectivity index (χ4v) is 2.49. The summed E-state index contributed by atoms with van der Waals surface area (Å²) >= 11 is 9.05. The van der Waals surface area contributed by atoms with E-state index in [0.29, 0.717) is 16.2 Å². The highest BCUT2D eigenvalue weighted by Gasteiger charge is 2.16. The molecule has 0 atom stereocenters. The number of H-pyrrole nitrogens is 1. The van der Waals surface area contributed by atoms with Crippen LogP contribution >= 0.6 is 27.7 Å². The molecule has 0 aliphatic heterocycles. The zero-order valence-electron chi connectivity index (χ0n) is 9.00. The highest BCUT2D eigenvalue weighted by atomic mass is 79.9. The van der Waals surface area contributed by atoms with Crippen LogP contribution in [0.5, 0.6) is 0 Å². The van der Waals surface area contributed by atoms with Crippen LogP contribution < -0.4 is 4.34 Å². The van der Waals surface area contributed by atoms with Gasteiger partial charge in [-0.05, 0) is 6.07 Å². The summed E-state index contributed by atoms with van der Waals surface area (Å²) in [5.41, 5.74) is 2.06. The summed E-state index contributed by atoms with van der Waals surface area (Å²) in [7, 11) is 0. The average molecular weight is 325 g/mol. The molecule has 3 rings (SSSR count). The van der Waals surface area contributed by atoms with Gasteiger partial charge < -0.3 is 4.98 Å². The summed E-state index contributed by atoms with van der Waals surface area (Å²) in [6.45, 7) is 0. The van der Waals surface area contributed by atoms with E-state index in [1.165, 1.54) is 6.20 Å². The number of halogens is 2. The maximum Gasteiger partial charge on any atom is 0.264 e. The number of aromatic nitrogens is 2. The third-order valence-corrected chi connectivity index (χ3v) is 3.47. The number of nitrogens with one attached hydrogen (secondary N) is 2. The van der Waals surface area contributed by atoms with E-state index in [2.05, 4.69) is 30.5 Å². The SMILES string of the molecule is O=C(NBr)c1cnc(Cl)c2c1[nH]c1ccccc12. The summed E-state index contributed by atoms with van der Waals surface area (Å²) in [6, 6.07) is 7.71. The van der Waals surface area contributed by atoms with Crippen LogP contribution in [0.3, 0.4) is 0 Å². The number of hydrogen-bond acceptors (Lipinski definition) is 2. The standard InChI is InChI=1S/C12H7BrClN3O/c13-17-12(18)7-5-15-11(14)9-6-3-1-2-4-8(6)16-10(7)9/h1-5,16H,(H,17,18). The lowest BCUT2D eigenvalue weighted by Gasteiger charge is -2.01. The van der Waals surface area contributed by atoms with Crippen LogP contribution in [-0.4, -0.2) is 15.9 Å². The van der Waals surface area contributed by atoms with Gasteiger partial charge in [-0.15, -0.1) is 0 Å². The Morgan fingerprint density at radius 3 is 2.94 bits per heavy atom. The number of amides is 1. The molecule has 6 heteroatoms. The van der Waals surface area contributed by atoms with Gasteiger partial charge in [-0.3, -0.25) is 9.14 Å². The predicted molar refractivity (Wildman–Crippen MR) is 75.0 cm³/mol. The Morgan fingerprint density at radius 1 is 1.39 bits per heavy atom. The van der Waals surface area contributed by atoms with Crippen LogP contribution in [0.25, 0.3) is 21.8 Å². The number of fused-ring (bicyclic) bond motifs is 3. The molecule has 18 heavy (non-hydrogen) atoms. The van der Waals surface area contributed by atoms with Crippen LogP contribution in [0, 0.1) is 0 Å². The second kappa shape index (κ2) is 4.26. The molecule has 0 fully saturated rings. The molecule has 0 bridgehead atoms. The lowest BCUT2D eigenvalue weighted by atomic mass is 10.1. The molecule has 0 spiro atoms. The first-order valence-corrected chi connectivity index (χ1v) is 6.35. The minimum absolute atomic E-state index is 0.268. The Labute approximate surface area is 116 Å². The van der Waals surface area contributed by atoms with Crippen molar-refractivity contribution in [1.82, 2.24) is 14.3 Å². The smallest absolute Gasteiger partial charge is 0.264 e. The van der Waals surface area contributed by atoms with E-state index < -0.39 is 0 Å². The van der Waals surface area contributed by atoms with Crippen LogP contribution in [0.2, 0.25) is 5.15 Å². The molecule has 3 aromatic rings. The molecular weight excluding hydrogens is 318 g/mol. The van der Waals surface area contributed by atoms with Gasteiger partial charge >= 0.3 is 0 Å². The number of para-hydroxylation sites is 1. The number of aromatic amines is 1. The van der Waals surface area contributed by atoms with E-state index >= 15 is 0 Å². The van der Waals surface area contributed by atoms with E-state index in [-0.39, 0.29) is 5.91 Å². The van der Waals surface area contributed by atoms with E-state index in [4.69, 9.17) is 11.6 Å². The van der Waals surface area contributed by atoms with Crippen LogP contribution in [0.4, 0.5) is 0 Å². The Balaban J connectivity index is 2.49.